The minimum Gasteiger partial charge on any atom is -0.392 e. The summed E-state index contributed by atoms with van der Waals surface area (Å²) in [6, 6.07) is 0. The summed E-state index contributed by atoms with van der Waals surface area (Å²) in [6.07, 6.45) is 2.75. The van der Waals surface area contributed by atoms with Crippen molar-refractivity contribution in [2.75, 3.05) is 32.8 Å². The number of ether oxygens (including phenoxy) is 1. The van der Waals surface area contributed by atoms with E-state index in [1.54, 1.807) is 0 Å². The summed E-state index contributed by atoms with van der Waals surface area (Å²) >= 11 is 0. The molecule has 5 rings (SSSR count). The van der Waals surface area contributed by atoms with Gasteiger partial charge in [-0.05, 0) is 32.6 Å². The van der Waals surface area contributed by atoms with E-state index in [0.717, 1.165) is 39.2 Å². The van der Waals surface area contributed by atoms with Crippen LogP contribution in [-0.2, 0) is 4.74 Å². The van der Waals surface area contributed by atoms with E-state index >= 15 is 0 Å². The molecule has 5 aliphatic heterocycles. The zero-order valence-corrected chi connectivity index (χ0v) is 13.9. The highest BCUT2D eigenvalue weighted by Gasteiger charge is 2.62. The smallest absolute Gasteiger partial charge is 0.0696 e. The van der Waals surface area contributed by atoms with E-state index in [1.165, 1.54) is 6.42 Å². The van der Waals surface area contributed by atoms with E-state index in [1.807, 2.05) is 0 Å². The third-order valence-electron chi connectivity index (χ3n) is 6.48. The number of nitrogens with zero attached hydrogens (tertiary/aromatic N) is 2. The van der Waals surface area contributed by atoms with Gasteiger partial charge in [-0.3, -0.25) is 9.80 Å². The average Bonchev–Trinajstić information content (AvgIpc) is 2.33. The van der Waals surface area contributed by atoms with Crippen molar-refractivity contribution in [3.8, 4) is 0 Å². The molecule has 0 amide bonds. The van der Waals surface area contributed by atoms with Gasteiger partial charge in [0.2, 0.25) is 0 Å². The van der Waals surface area contributed by atoms with E-state index in [-0.39, 0.29) is 22.5 Å². The maximum absolute atomic E-state index is 10.8. The zero-order valence-electron chi connectivity index (χ0n) is 13.9. The highest BCUT2D eigenvalue weighted by atomic mass is 16.5. The van der Waals surface area contributed by atoms with Gasteiger partial charge in [-0.15, -0.1) is 0 Å². The summed E-state index contributed by atoms with van der Waals surface area (Å²) < 4.78 is 5.92. The van der Waals surface area contributed by atoms with Crippen LogP contribution in [0.25, 0.3) is 0 Å². The summed E-state index contributed by atoms with van der Waals surface area (Å²) in [4.78, 5) is 5.34. The van der Waals surface area contributed by atoms with Gasteiger partial charge in [-0.2, -0.15) is 0 Å². The van der Waals surface area contributed by atoms with Gasteiger partial charge in [-0.25, -0.2) is 0 Å². The van der Waals surface area contributed by atoms with Crippen molar-refractivity contribution in [2.24, 2.45) is 16.7 Å². The summed E-state index contributed by atoms with van der Waals surface area (Å²) in [7, 11) is 0. The maximum atomic E-state index is 10.8. The lowest BCUT2D eigenvalue weighted by Crippen LogP contribution is -2.80. The standard InChI is InChI=1S/C17H30N2O2/c1-15(2)7-12(5-6-21-15)13-18-8-16(3)9-19(13)11-17(4,10-18)14(16)20/h12-14,20H,5-11H2,1-4H3/t12-,13?,14?,16?,17?/m1/s1. The van der Waals surface area contributed by atoms with E-state index in [9.17, 15) is 5.11 Å². The van der Waals surface area contributed by atoms with Gasteiger partial charge in [0.15, 0.2) is 0 Å². The molecule has 0 spiro atoms. The van der Waals surface area contributed by atoms with E-state index in [0.29, 0.717) is 12.1 Å². The second-order valence-corrected chi connectivity index (χ2v) is 9.30. The molecule has 0 aromatic carbocycles. The monoisotopic (exact) mass is 294 g/mol. The Labute approximate surface area is 128 Å². The number of hydrogen-bond acceptors (Lipinski definition) is 4. The number of piperidine rings is 2. The summed E-state index contributed by atoms with van der Waals surface area (Å²) in [6.45, 7) is 14.1. The lowest BCUT2D eigenvalue weighted by atomic mass is 9.60. The highest BCUT2D eigenvalue weighted by molar-refractivity contribution is 5.13. The van der Waals surface area contributed by atoms with Crippen molar-refractivity contribution in [2.45, 2.75) is 58.4 Å². The lowest BCUT2D eigenvalue weighted by Gasteiger charge is -2.69. The molecule has 0 radical (unpaired) electrons. The highest BCUT2D eigenvalue weighted by Crippen LogP contribution is 2.53. The number of rotatable bonds is 1. The molecule has 4 bridgehead atoms. The van der Waals surface area contributed by atoms with Gasteiger partial charge in [0.25, 0.3) is 0 Å². The summed E-state index contributed by atoms with van der Waals surface area (Å²) in [5.74, 6) is 0.707. The zero-order chi connectivity index (χ0) is 15.0. The van der Waals surface area contributed by atoms with Gasteiger partial charge in [0.05, 0.1) is 17.9 Å². The van der Waals surface area contributed by atoms with Gasteiger partial charge in [-0.1, -0.05) is 13.8 Å². The number of hydrogen-bond donors (Lipinski definition) is 1. The lowest BCUT2D eigenvalue weighted by molar-refractivity contribution is -0.267. The Bertz CT molecular complexity index is 412. The fraction of sp³-hybridized carbons (Fsp3) is 1.00. The van der Waals surface area contributed by atoms with Gasteiger partial charge in [0, 0.05) is 43.6 Å². The normalized spacial score (nSPS) is 58.4. The molecule has 4 nitrogen and oxygen atoms in total. The Morgan fingerprint density at radius 3 is 1.95 bits per heavy atom. The van der Waals surface area contributed by atoms with Crippen molar-refractivity contribution < 1.29 is 9.84 Å². The summed E-state index contributed by atoms with van der Waals surface area (Å²) in [5.41, 5.74) is 0.137. The number of aliphatic hydroxyl groups excluding tert-OH is 1. The van der Waals surface area contributed by atoms with Crippen LogP contribution in [0.15, 0.2) is 0 Å². The maximum Gasteiger partial charge on any atom is 0.0696 e. The minimum atomic E-state index is -0.149. The van der Waals surface area contributed by atoms with Crippen LogP contribution in [0.2, 0.25) is 0 Å². The second kappa shape index (κ2) is 4.22. The van der Waals surface area contributed by atoms with Crippen molar-refractivity contribution in [1.82, 2.24) is 9.80 Å². The average molecular weight is 294 g/mol. The van der Waals surface area contributed by atoms with Crippen molar-refractivity contribution in [3.63, 3.8) is 0 Å². The first-order valence-electron chi connectivity index (χ1n) is 8.53. The van der Waals surface area contributed by atoms with E-state index < -0.39 is 0 Å². The largest absolute Gasteiger partial charge is 0.392 e. The summed E-state index contributed by atoms with van der Waals surface area (Å²) in [5, 5.41) is 10.8. The molecule has 5 aliphatic rings. The van der Waals surface area contributed by atoms with Crippen molar-refractivity contribution >= 4 is 0 Å². The van der Waals surface area contributed by atoms with Gasteiger partial charge in [0.1, 0.15) is 0 Å². The topological polar surface area (TPSA) is 35.9 Å². The van der Waals surface area contributed by atoms with Crippen LogP contribution in [0, 0.1) is 16.7 Å². The third kappa shape index (κ3) is 2.03. The third-order valence-corrected chi connectivity index (χ3v) is 6.48. The van der Waals surface area contributed by atoms with Crippen molar-refractivity contribution in [3.05, 3.63) is 0 Å². The second-order valence-electron chi connectivity index (χ2n) is 9.30. The molecule has 5 saturated heterocycles. The molecule has 1 atom stereocenters. The molecular weight excluding hydrogens is 264 g/mol. The fourth-order valence-corrected chi connectivity index (χ4v) is 5.99. The minimum absolute atomic E-state index is 0.0210. The number of aliphatic hydroxyl groups is 1. The molecule has 21 heavy (non-hydrogen) atoms. The molecule has 0 aromatic heterocycles. The Kier molecular flexibility index (Phi) is 2.90. The molecule has 4 heteroatoms. The first-order chi connectivity index (χ1) is 9.73. The molecule has 0 aliphatic carbocycles. The molecule has 5 heterocycles. The Morgan fingerprint density at radius 1 is 0.952 bits per heavy atom. The molecule has 0 aromatic rings. The quantitative estimate of drug-likeness (QED) is 0.796. The van der Waals surface area contributed by atoms with Crippen molar-refractivity contribution in [1.29, 1.82) is 0 Å². The predicted octanol–water partition coefficient (Wildman–Crippen LogP) is 1.54. The Balaban J connectivity index is 1.60. The van der Waals surface area contributed by atoms with Gasteiger partial charge >= 0.3 is 0 Å². The molecular formula is C17H30N2O2. The molecule has 1 N–H and O–H groups in total. The molecule has 120 valence electrons. The van der Waals surface area contributed by atoms with Crippen LogP contribution in [0.3, 0.4) is 0 Å². The Morgan fingerprint density at radius 2 is 1.48 bits per heavy atom. The van der Waals surface area contributed by atoms with E-state index in [2.05, 4.69) is 37.5 Å². The van der Waals surface area contributed by atoms with Crippen LogP contribution in [0.1, 0.15) is 40.5 Å². The van der Waals surface area contributed by atoms with Crippen LogP contribution in [-0.4, -0.2) is 65.6 Å². The predicted molar refractivity (Wildman–Crippen MR) is 81.9 cm³/mol. The molecule has 5 fully saturated rings. The Hall–Kier alpha value is -0.160. The van der Waals surface area contributed by atoms with Crippen LogP contribution < -0.4 is 0 Å². The van der Waals surface area contributed by atoms with Crippen LogP contribution in [0.5, 0.6) is 0 Å². The fourth-order valence-electron chi connectivity index (χ4n) is 5.99. The molecule has 0 saturated carbocycles. The SMILES string of the molecule is CC1(C)C[C@H](C2N3CC4(C)CN2CC(C)(C3)C4O)CCO1. The first-order valence-corrected chi connectivity index (χ1v) is 8.53. The van der Waals surface area contributed by atoms with Gasteiger partial charge < -0.3 is 9.84 Å². The first kappa shape index (κ1) is 14.4. The van der Waals surface area contributed by atoms with Crippen LogP contribution in [0.4, 0.5) is 0 Å². The van der Waals surface area contributed by atoms with E-state index in [4.69, 9.17) is 4.74 Å². The van der Waals surface area contributed by atoms with Crippen LogP contribution >= 0.6 is 0 Å². The molecule has 0 unspecified atom stereocenters.